The van der Waals surface area contributed by atoms with E-state index in [9.17, 15) is 22.4 Å². The first-order valence-corrected chi connectivity index (χ1v) is 10.7. The van der Waals surface area contributed by atoms with Gasteiger partial charge in [0.15, 0.2) is 11.6 Å². The monoisotopic (exact) mass is 453 g/mol. The minimum absolute atomic E-state index is 0.0757. The number of hydrazone groups is 1. The number of thioether (sulfide) groups is 1. The zero-order valence-electron chi connectivity index (χ0n) is 17.4. The Bertz CT molecular complexity index is 1050. The third-order valence-electron chi connectivity index (χ3n) is 5.43. The van der Waals surface area contributed by atoms with Gasteiger partial charge in [0.2, 0.25) is 5.91 Å². The van der Waals surface area contributed by atoms with Gasteiger partial charge >= 0.3 is 0 Å². The molecule has 0 aromatic heterocycles. The van der Waals surface area contributed by atoms with Crippen LogP contribution < -0.4 is 5.73 Å². The molecule has 0 unspecified atom stereocenters. The van der Waals surface area contributed by atoms with E-state index in [-0.39, 0.29) is 23.1 Å². The number of nitrogens with two attached hydrogens (primary N) is 1. The molecule has 2 atom stereocenters. The van der Waals surface area contributed by atoms with Gasteiger partial charge < -0.3 is 5.73 Å². The standard InChI is InChI=1S/C22H23F4N3OS/c1-4-14(7-8-27)22(17-11-20(26)19(25)9-12(17)2)29(13(3)30)28-21(31-22)16-10-15(23)5-6-18(16)24/h5-6,9-11,14H,4,7-8,27H2,1-3H3/t14-,22-/m0/s1. The van der Waals surface area contributed by atoms with E-state index < -0.39 is 34.0 Å². The van der Waals surface area contributed by atoms with Gasteiger partial charge in [-0.25, -0.2) is 22.6 Å². The van der Waals surface area contributed by atoms with Crippen molar-refractivity contribution in [3.63, 3.8) is 0 Å². The lowest BCUT2D eigenvalue weighted by Gasteiger charge is -2.42. The average molecular weight is 454 g/mol. The van der Waals surface area contributed by atoms with Crippen LogP contribution in [0.15, 0.2) is 35.4 Å². The highest BCUT2D eigenvalue weighted by atomic mass is 32.2. The largest absolute Gasteiger partial charge is 0.330 e. The molecular formula is C22H23F4N3OS. The number of rotatable bonds is 6. The molecule has 0 saturated carbocycles. The van der Waals surface area contributed by atoms with Crippen LogP contribution in [0.5, 0.6) is 0 Å². The van der Waals surface area contributed by atoms with Crippen LogP contribution in [0, 0.1) is 36.1 Å². The molecule has 31 heavy (non-hydrogen) atoms. The van der Waals surface area contributed by atoms with Gasteiger partial charge in [0.1, 0.15) is 21.5 Å². The third kappa shape index (κ3) is 4.08. The summed E-state index contributed by atoms with van der Waals surface area (Å²) in [4.78, 5) is 11.4. The van der Waals surface area contributed by atoms with Gasteiger partial charge in [-0.15, -0.1) is 0 Å². The van der Waals surface area contributed by atoms with Crippen molar-refractivity contribution in [3.05, 3.63) is 70.3 Å². The minimum Gasteiger partial charge on any atom is -0.330 e. The molecule has 0 spiro atoms. The van der Waals surface area contributed by atoms with Crippen molar-refractivity contribution >= 4 is 22.7 Å². The zero-order chi connectivity index (χ0) is 22.9. The summed E-state index contributed by atoms with van der Waals surface area (Å²) < 4.78 is 56.6. The van der Waals surface area contributed by atoms with Gasteiger partial charge in [-0.3, -0.25) is 4.79 Å². The van der Waals surface area contributed by atoms with E-state index in [4.69, 9.17) is 5.73 Å². The number of aryl methyl sites for hydroxylation is 1. The summed E-state index contributed by atoms with van der Waals surface area (Å²) in [6.45, 7) is 5.05. The first-order chi connectivity index (χ1) is 14.6. The molecule has 0 bridgehead atoms. The Balaban J connectivity index is 2.29. The van der Waals surface area contributed by atoms with Crippen molar-refractivity contribution in [2.45, 2.75) is 38.5 Å². The molecule has 9 heteroatoms. The lowest BCUT2D eigenvalue weighted by atomic mass is 9.84. The fourth-order valence-corrected chi connectivity index (χ4v) is 5.73. The average Bonchev–Trinajstić information content (AvgIpc) is 3.12. The molecule has 0 fully saturated rings. The summed E-state index contributed by atoms with van der Waals surface area (Å²) in [5.74, 6) is -4.26. The molecule has 1 aliphatic rings. The number of benzene rings is 2. The number of nitrogens with zero attached hydrogens (tertiary/aromatic N) is 2. The van der Waals surface area contributed by atoms with Crippen molar-refractivity contribution in [1.29, 1.82) is 0 Å². The van der Waals surface area contributed by atoms with Gasteiger partial charge in [-0.2, -0.15) is 5.10 Å². The molecule has 2 aromatic carbocycles. The number of amides is 1. The van der Waals surface area contributed by atoms with Crippen LogP contribution in [0.3, 0.4) is 0 Å². The van der Waals surface area contributed by atoms with E-state index >= 15 is 0 Å². The number of hydrogen-bond acceptors (Lipinski definition) is 4. The fourth-order valence-electron chi connectivity index (χ4n) is 4.01. The maximum Gasteiger partial charge on any atom is 0.241 e. The van der Waals surface area contributed by atoms with Crippen molar-refractivity contribution in [3.8, 4) is 0 Å². The Morgan fingerprint density at radius 2 is 1.84 bits per heavy atom. The van der Waals surface area contributed by atoms with Crippen LogP contribution >= 0.6 is 11.8 Å². The zero-order valence-corrected chi connectivity index (χ0v) is 18.2. The summed E-state index contributed by atoms with van der Waals surface area (Å²) in [6.07, 6.45) is 0.973. The molecule has 1 aliphatic heterocycles. The van der Waals surface area contributed by atoms with Crippen LogP contribution in [0.1, 0.15) is 43.4 Å². The Morgan fingerprint density at radius 1 is 1.16 bits per heavy atom. The fraction of sp³-hybridized carbons (Fsp3) is 0.364. The van der Waals surface area contributed by atoms with E-state index in [0.717, 1.165) is 42.1 Å². The van der Waals surface area contributed by atoms with E-state index in [0.29, 0.717) is 24.0 Å². The summed E-state index contributed by atoms with van der Waals surface area (Å²) in [5, 5.41) is 5.58. The molecule has 1 amide bonds. The molecule has 0 aliphatic carbocycles. The molecule has 0 radical (unpaired) electrons. The second-order valence-corrected chi connectivity index (χ2v) is 8.64. The van der Waals surface area contributed by atoms with Crippen LogP contribution in [-0.4, -0.2) is 22.5 Å². The molecule has 1 heterocycles. The SMILES string of the molecule is CC[C@@H](CCN)[C@@]1(c2cc(F)c(F)cc2C)SC(c2cc(F)ccc2F)=NN1C(C)=O. The Kier molecular flexibility index (Phi) is 6.76. The molecule has 4 nitrogen and oxygen atoms in total. The lowest BCUT2D eigenvalue weighted by molar-refractivity contribution is -0.133. The van der Waals surface area contributed by atoms with Crippen molar-refractivity contribution < 1.29 is 22.4 Å². The lowest BCUT2D eigenvalue weighted by Crippen LogP contribution is -2.47. The summed E-state index contributed by atoms with van der Waals surface area (Å²) in [6, 6.07) is 5.07. The predicted molar refractivity (Wildman–Crippen MR) is 113 cm³/mol. The van der Waals surface area contributed by atoms with Gasteiger partial charge in [0, 0.05) is 12.5 Å². The molecule has 2 aromatic rings. The minimum atomic E-state index is -1.30. The van der Waals surface area contributed by atoms with E-state index in [2.05, 4.69) is 5.10 Å². The molecule has 0 saturated heterocycles. The Hall–Kier alpha value is -2.39. The topological polar surface area (TPSA) is 58.7 Å². The van der Waals surface area contributed by atoms with Crippen molar-refractivity contribution in [2.75, 3.05) is 6.54 Å². The van der Waals surface area contributed by atoms with E-state index in [1.807, 2.05) is 6.92 Å². The van der Waals surface area contributed by atoms with E-state index in [1.165, 1.54) is 11.9 Å². The number of carbonyl (C=O) groups excluding carboxylic acids is 1. The molecule has 166 valence electrons. The summed E-state index contributed by atoms with van der Waals surface area (Å²) >= 11 is 1.03. The van der Waals surface area contributed by atoms with Crippen LogP contribution in [0.4, 0.5) is 17.6 Å². The Morgan fingerprint density at radius 3 is 2.45 bits per heavy atom. The highest BCUT2D eigenvalue weighted by molar-refractivity contribution is 8.15. The molecule has 3 rings (SSSR count). The number of carbonyl (C=O) groups is 1. The molecule has 2 N–H and O–H groups in total. The summed E-state index contributed by atoms with van der Waals surface area (Å²) in [5.41, 5.74) is 6.45. The van der Waals surface area contributed by atoms with Crippen LogP contribution in [0.2, 0.25) is 0 Å². The van der Waals surface area contributed by atoms with Gasteiger partial charge in [-0.05, 0) is 73.7 Å². The maximum absolute atomic E-state index is 14.5. The first kappa shape index (κ1) is 23.3. The predicted octanol–water partition coefficient (Wildman–Crippen LogP) is 5.04. The second kappa shape index (κ2) is 9.00. The molecular weight excluding hydrogens is 430 g/mol. The first-order valence-electron chi connectivity index (χ1n) is 9.85. The van der Waals surface area contributed by atoms with Crippen LogP contribution in [-0.2, 0) is 9.67 Å². The van der Waals surface area contributed by atoms with Crippen molar-refractivity contribution in [2.24, 2.45) is 16.8 Å². The quantitative estimate of drug-likeness (QED) is 0.624. The highest BCUT2D eigenvalue weighted by Crippen LogP contribution is 2.55. The number of halogens is 4. The van der Waals surface area contributed by atoms with Crippen LogP contribution in [0.25, 0.3) is 0 Å². The van der Waals surface area contributed by atoms with E-state index in [1.54, 1.807) is 6.92 Å². The van der Waals surface area contributed by atoms with Gasteiger partial charge in [0.05, 0.1) is 0 Å². The Labute approximate surface area is 182 Å². The maximum atomic E-state index is 14.5. The van der Waals surface area contributed by atoms with Gasteiger partial charge in [0.25, 0.3) is 0 Å². The second-order valence-electron chi connectivity index (χ2n) is 7.42. The van der Waals surface area contributed by atoms with Gasteiger partial charge in [-0.1, -0.05) is 18.7 Å². The smallest absolute Gasteiger partial charge is 0.241 e. The highest BCUT2D eigenvalue weighted by Gasteiger charge is 2.53. The normalized spacial score (nSPS) is 19.5. The third-order valence-corrected chi connectivity index (χ3v) is 6.96. The number of hydrogen-bond donors (Lipinski definition) is 1. The summed E-state index contributed by atoms with van der Waals surface area (Å²) in [7, 11) is 0. The van der Waals surface area contributed by atoms with Crippen molar-refractivity contribution in [1.82, 2.24) is 5.01 Å².